The number of nitrogens with zero attached hydrogens (tertiary/aromatic N) is 4. The monoisotopic (exact) mass is 394 g/mol. The van der Waals surface area contributed by atoms with Crippen molar-refractivity contribution in [3.05, 3.63) is 16.9 Å². The molecule has 0 saturated carbocycles. The molecule has 1 aromatic heterocycles. The van der Waals surface area contributed by atoms with Gasteiger partial charge in [0.1, 0.15) is 0 Å². The number of carbonyl (C=O) groups excluding carboxylic acids is 2. The topological polar surface area (TPSA) is 67.7 Å². The molecular formula is C19H27ClN4O3. The van der Waals surface area contributed by atoms with Gasteiger partial charge in [0, 0.05) is 52.5 Å². The normalized spacial score (nSPS) is 25.4. The van der Waals surface area contributed by atoms with E-state index in [4.69, 9.17) is 16.3 Å². The summed E-state index contributed by atoms with van der Waals surface area (Å²) in [6, 6.07) is 0. The Hall–Kier alpha value is -1.60. The number of amides is 2. The minimum atomic E-state index is -0.0986. The molecule has 3 aliphatic rings. The summed E-state index contributed by atoms with van der Waals surface area (Å²) in [6.07, 6.45) is 7.33. The van der Waals surface area contributed by atoms with E-state index in [0.717, 1.165) is 45.3 Å². The van der Waals surface area contributed by atoms with Crippen molar-refractivity contribution in [2.75, 3.05) is 32.8 Å². The highest BCUT2D eigenvalue weighted by Gasteiger charge is 2.42. The fraction of sp³-hybridized carbons (Fsp3) is 0.737. The Bertz CT molecular complexity index is 721. The lowest BCUT2D eigenvalue weighted by molar-refractivity contribution is -0.141. The van der Waals surface area contributed by atoms with Crippen molar-refractivity contribution >= 4 is 23.4 Å². The standard InChI is InChI=1S/C19H27ClN4O3/c1-22-12-15(20)17(21-22)18(26)23-8-6-19(7-9-23)5-4-16(25)24(13-19)11-14-3-2-10-27-14/h12,14H,2-11,13H2,1H3/t14-/m1/s1. The second-order valence-corrected chi connectivity index (χ2v) is 8.61. The summed E-state index contributed by atoms with van der Waals surface area (Å²) in [5.74, 6) is 0.147. The van der Waals surface area contributed by atoms with Gasteiger partial charge in [0.15, 0.2) is 5.69 Å². The Morgan fingerprint density at radius 3 is 2.78 bits per heavy atom. The van der Waals surface area contributed by atoms with Crippen molar-refractivity contribution in [3.8, 4) is 0 Å². The van der Waals surface area contributed by atoms with Crippen LogP contribution in [0.2, 0.25) is 5.02 Å². The summed E-state index contributed by atoms with van der Waals surface area (Å²) in [6.45, 7) is 3.69. The van der Waals surface area contributed by atoms with E-state index in [9.17, 15) is 9.59 Å². The summed E-state index contributed by atoms with van der Waals surface area (Å²) < 4.78 is 7.29. The molecule has 0 aromatic carbocycles. The van der Waals surface area contributed by atoms with Crippen molar-refractivity contribution in [3.63, 3.8) is 0 Å². The zero-order valence-corrected chi connectivity index (χ0v) is 16.6. The predicted octanol–water partition coefficient (Wildman–Crippen LogP) is 2.10. The molecule has 4 heterocycles. The molecule has 148 valence electrons. The maximum absolute atomic E-state index is 12.7. The van der Waals surface area contributed by atoms with E-state index >= 15 is 0 Å². The van der Waals surface area contributed by atoms with Crippen LogP contribution in [-0.4, -0.2) is 70.3 Å². The number of ether oxygens (including phenoxy) is 1. The summed E-state index contributed by atoms with van der Waals surface area (Å²) in [4.78, 5) is 29.0. The Morgan fingerprint density at radius 1 is 1.37 bits per heavy atom. The highest BCUT2D eigenvalue weighted by molar-refractivity contribution is 6.33. The third kappa shape index (κ3) is 3.85. The Labute approximate surface area is 164 Å². The fourth-order valence-electron chi connectivity index (χ4n) is 4.65. The van der Waals surface area contributed by atoms with Crippen molar-refractivity contribution in [2.24, 2.45) is 12.5 Å². The fourth-order valence-corrected chi connectivity index (χ4v) is 4.91. The number of rotatable bonds is 3. The highest BCUT2D eigenvalue weighted by Crippen LogP contribution is 2.40. The molecule has 3 fully saturated rings. The van der Waals surface area contributed by atoms with Gasteiger partial charge in [-0.15, -0.1) is 0 Å². The van der Waals surface area contributed by atoms with Crippen LogP contribution in [0.5, 0.6) is 0 Å². The first kappa shape index (κ1) is 18.7. The lowest BCUT2D eigenvalue weighted by Crippen LogP contribution is -2.53. The van der Waals surface area contributed by atoms with Gasteiger partial charge in [-0.05, 0) is 37.5 Å². The van der Waals surface area contributed by atoms with Gasteiger partial charge in [0.25, 0.3) is 5.91 Å². The molecule has 1 aromatic rings. The Kier molecular flexibility index (Phi) is 5.16. The van der Waals surface area contributed by atoms with Crippen molar-refractivity contribution in [1.82, 2.24) is 19.6 Å². The van der Waals surface area contributed by atoms with Crippen molar-refractivity contribution in [2.45, 2.75) is 44.6 Å². The molecule has 1 spiro atoms. The van der Waals surface area contributed by atoms with Crippen molar-refractivity contribution in [1.29, 1.82) is 0 Å². The van der Waals surface area contributed by atoms with E-state index in [1.165, 1.54) is 0 Å². The average Bonchev–Trinajstić information content (AvgIpc) is 3.28. The van der Waals surface area contributed by atoms with E-state index in [1.54, 1.807) is 17.9 Å². The number of aryl methyl sites for hydroxylation is 1. The summed E-state index contributed by atoms with van der Waals surface area (Å²) >= 11 is 6.13. The van der Waals surface area contributed by atoms with Crippen molar-refractivity contribution < 1.29 is 14.3 Å². The molecule has 7 nitrogen and oxygen atoms in total. The minimum Gasteiger partial charge on any atom is -0.376 e. The molecule has 3 aliphatic heterocycles. The first-order valence-electron chi connectivity index (χ1n) is 9.84. The van der Waals surface area contributed by atoms with Crippen LogP contribution in [0.1, 0.15) is 49.0 Å². The van der Waals surface area contributed by atoms with Gasteiger partial charge in [-0.2, -0.15) is 5.10 Å². The van der Waals surface area contributed by atoms with Gasteiger partial charge < -0.3 is 14.5 Å². The van der Waals surface area contributed by atoms with Crippen LogP contribution in [0.4, 0.5) is 0 Å². The van der Waals surface area contributed by atoms with E-state index in [1.807, 2.05) is 9.80 Å². The van der Waals surface area contributed by atoms with Crippen LogP contribution in [-0.2, 0) is 16.6 Å². The number of halogens is 1. The third-order valence-corrected chi connectivity index (χ3v) is 6.57. The number of piperidine rings is 2. The quantitative estimate of drug-likeness (QED) is 0.787. The Balaban J connectivity index is 1.37. The molecule has 2 amide bonds. The summed E-state index contributed by atoms with van der Waals surface area (Å²) in [5, 5.41) is 4.59. The van der Waals surface area contributed by atoms with Gasteiger partial charge in [-0.25, -0.2) is 0 Å². The summed E-state index contributed by atoms with van der Waals surface area (Å²) in [7, 11) is 1.76. The maximum atomic E-state index is 12.7. The molecule has 0 bridgehead atoms. The number of carbonyl (C=O) groups is 2. The molecular weight excluding hydrogens is 368 g/mol. The third-order valence-electron chi connectivity index (χ3n) is 6.29. The molecule has 4 rings (SSSR count). The first-order chi connectivity index (χ1) is 13.0. The number of hydrogen-bond acceptors (Lipinski definition) is 4. The van der Waals surface area contributed by atoms with E-state index in [2.05, 4.69) is 5.10 Å². The van der Waals surface area contributed by atoms with E-state index < -0.39 is 0 Å². The zero-order valence-electron chi connectivity index (χ0n) is 15.8. The number of likely N-dealkylation sites (tertiary alicyclic amines) is 2. The molecule has 0 N–H and O–H groups in total. The second kappa shape index (κ2) is 7.43. The summed E-state index contributed by atoms with van der Waals surface area (Å²) in [5.41, 5.74) is 0.450. The Morgan fingerprint density at radius 2 is 2.15 bits per heavy atom. The molecule has 3 saturated heterocycles. The van der Waals surface area contributed by atoms with Gasteiger partial charge in [0.05, 0.1) is 11.1 Å². The first-order valence-corrected chi connectivity index (χ1v) is 10.2. The smallest absolute Gasteiger partial charge is 0.275 e. The molecule has 0 unspecified atom stereocenters. The van der Waals surface area contributed by atoms with Crippen LogP contribution in [0.15, 0.2) is 6.20 Å². The maximum Gasteiger partial charge on any atom is 0.275 e. The van der Waals surface area contributed by atoms with E-state index in [-0.39, 0.29) is 23.3 Å². The van der Waals surface area contributed by atoms with Crippen LogP contribution >= 0.6 is 11.6 Å². The molecule has 0 radical (unpaired) electrons. The molecule has 8 heteroatoms. The average molecular weight is 395 g/mol. The molecule has 1 atom stereocenters. The van der Waals surface area contributed by atoms with Crippen LogP contribution in [0.25, 0.3) is 0 Å². The van der Waals surface area contributed by atoms with Gasteiger partial charge >= 0.3 is 0 Å². The molecule has 27 heavy (non-hydrogen) atoms. The van der Waals surface area contributed by atoms with Gasteiger partial charge in [-0.3, -0.25) is 14.3 Å². The van der Waals surface area contributed by atoms with E-state index in [0.29, 0.717) is 36.8 Å². The highest BCUT2D eigenvalue weighted by atomic mass is 35.5. The zero-order chi connectivity index (χ0) is 19.0. The van der Waals surface area contributed by atoms with Crippen LogP contribution < -0.4 is 0 Å². The second-order valence-electron chi connectivity index (χ2n) is 8.20. The predicted molar refractivity (Wildman–Crippen MR) is 101 cm³/mol. The number of hydrogen-bond donors (Lipinski definition) is 0. The molecule has 0 aliphatic carbocycles. The van der Waals surface area contributed by atoms with Gasteiger partial charge in [-0.1, -0.05) is 11.6 Å². The minimum absolute atomic E-state index is 0.0986. The lowest BCUT2D eigenvalue weighted by atomic mass is 9.72. The van der Waals surface area contributed by atoms with Crippen LogP contribution in [0.3, 0.4) is 0 Å². The SMILES string of the molecule is Cn1cc(Cl)c(C(=O)N2CCC3(CCC(=O)N(C[C@H]4CCCO4)C3)CC2)n1. The lowest BCUT2D eigenvalue weighted by Gasteiger charge is -2.47. The number of aromatic nitrogens is 2. The van der Waals surface area contributed by atoms with Crippen LogP contribution in [0, 0.1) is 5.41 Å². The largest absolute Gasteiger partial charge is 0.376 e. The van der Waals surface area contributed by atoms with Gasteiger partial charge in [0.2, 0.25) is 5.91 Å².